The first-order chi connectivity index (χ1) is 8.34. The first-order valence-corrected chi connectivity index (χ1v) is 5.24. The maximum absolute atomic E-state index is 12.4. The molecule has 0 saturated carbocycles. The molecular formula is C10H12F3N3O2. The molecule has 5 nitrogen and oxygen atoms in total. The Morgan fingerprint density at radius 3 is 2.72 bits per heavy atom. The van der Waals surface area contributed by atoms with Gasteiger partial charge in [0.2, 0.25) is 5.95 Å². The first kappa shape index (κ1) is 14.2. The Morgan fingerprint density at radius 1 is 1.56 bits per heavy atom. The van der Waals surface area contributed by atoms with Crippen LogP contribution in [0.25, 0.3) is 0 Å². The second-order valence-electron chi connectivity index (χ2n) is 3.59. The van der Waals surface area contributed by atoms with E-state index in [1.54, 1.807) is 6.92 Å². The van der Waals surface area contributed by atoms with Crippen LogP contribution in [0.3, 0.4) is 0 Å². The van der Waals surface area contributed by atoms with Crippen LogP contribution < -0.4 is 5.32 Å². The summed E-state index contributed by atoms with van der Waals surface area (Å²) < 4.78 is 37.1. The molecule has 100 valence electrons. The lowest BCUT2D eigenvalue weighted by molar-refractivity contribution is -0.141. The van der Waals surface area contributed by atoms with Crippen LogP contribution in [0.2, 0.25) is 0 Å². The molecule has 1 heterocycles. The summed E-state index contributed by atoms with van der Waals surface area (Å²) in [6.07, 6.45) is -2.80. The SMILES string of the molecule is CCCC(Nc1nccc(C(F)(F)F)n1)C(=O)O. The summed E-state index contributed by atoms with van der Waals surface area (Å²) in [7, 11) is 0. The number of aromatic nitrogens is 2. The highest BCUT2D eigenvalue weighted by atomic mass is 19.4. The molecule has 0 spiro atoms. The Hall–Kier alpha value is -1.86. The van der Waals surface area contributed by atoms with Gasteiger partial charge in [0.15, 0.2) is 0 Å². The minimum Gasteiger partial charge on any atom is -0.480 e. The molecule has 18 heavy (non-hydrogen) atoms. The second-order valence-corrected chi connectivity index (χ2v) is 3.59. The number of hydrogen-bond donors (Lipinski definition) is 2. The van der Waals surface area contributed by atoms with E-state index in [0.29, 0.717) is 6.42 Å². The van der Waals surface area contributed by atoms with Crippen LogP contribution in [0.1, 0.15) is 25.5 Å². The predicted molar refractivity (Wildman–Crippen MR) is 57.0 cm³/mol. The molecule has 1 atom stereocenters. The molecule has 0 aromatic carbocycles. The van der Waals surface area contributed by atoms with Gasteiger partial charge in [-0.25, -0.2) is 14.8 Å². The number of halogens is 3. The summed E-state index contributed by atoms with van der Waals surface area (Å²) in [6.45, 7) is 1.77. The van der Waals surface area contributed by atoms with Crippen molar-refractivity contribution in [3.05, 3.63) is 18.0 Å². The zero-order chi connectivity index (χ0) is 13.8. The van der Waals surface area contributed by atoms with Crippen molar-refractivity contribution in [3.63, 3.8) is 0 Å². The molecule has 0 amide bonds. The van der Waals surface area contributed by atoms with Crippen LogP contribution in [0.5, 0.6) is 0 Å². The lowest BCUT2D eigenvalue weighted by Gasteiger charge is -2.14. The van der Waals surface area contributed by atoms with Gasteiger partial charge in [0.1, 0.15) is 11.7 Å². The van der Waals surface area contributed by atoms with Gasteiger partial charge < -0.3 is 10.4 Å². The number of alkyl halides is 3. The fourth-order valence-electron chi connectivity index (χ4n) is 1.29. The van der Waals surface area contributed by atoms with Crippen LogP contribution in [0.15, 0.2) is 12.3 Å². The van der Waals surface area contributed by atoms with Crippen molar-refractivity contribution in [1.82, 2.24) is 9.97 Å². The highest BCUT2D eigenvalue weighted by molar-refractivity contribution is 5.76. The first-order valence-electron chi connectivity index (χ1n) is 5.24. The molecule has 0 aliphatic rings. The van der Waals surface area contributed by atoms with Crippen molar-refractivity contribution in [2.45, 2.75) is 32.0 Å². The number of aliphatic carboxylic acids is 1. The van der Waals surface area contributed by atoms with Gasteiger partial charge in [0.05, 0.1) is 0 Å². The van der Waals surface area contributed by atoms with Gasteiger partial charge in [0.25, 0.3) is 0 Å². The quantitative estimate of drug-likeness (QED) is 0.851. The fraction of sp³-hybridized carbons (Fsp3) is 0.500. The smallest absolute Gasteiger partial charge is 0.433 e. The van der Waals surface area contributed by atoms with Crippen molar-refractivity contribution in [1.29, 1.82) is 0 Å². The van der Waals surface area contributed by atoms with E-state index in [0.717, 1.165) is 12.3 Å². The van der Waals surface area contributed by atoms with E-state index in [9.17, 15) is 18.0 Å². The van der Waals surface area contributed by atoms with Crippen LogP contribution in [0, 0.1) is 0 Å². The topological polar surface area (TPSA) is 75.1 Å². The molecule has 1 aromatic rings. The minimum atomic E-state index is -4.58. The maximum atomic E-state index is 12.4. The molecule has 0 aliphatic heterocycles. The maximum Gasteiger partial charge on any atom is 0.433 e. The number of anilines is 1. The van der Waals surface area contributed by atoms with Gasteiger partial charge >= 0.3 is 12.1 Å². The van der Waals surface area contributed by atoms with Gasteiger partial charge in [-0.05, 0) is 12.5 Å². The Bertz CT molecular complexity index is 423. The molecular weight excluding hydrogens is 251 g/mol. The van der Waals surface area contributed by atoms with E-state index in [1.807, 2.05) is 0 Å². The van der Waals surface area contributed by atoms with Gasteiger partial charge in [-0.1, -0.05) is 13.3 Å². The van der Waals surface area contributed by atoms with E-state index in [1.165, 1.54) is 0 Å². The summed E-state index contributed by atoms with van der Waals surface area (Å²) in [6, 6.07) is -0.278. The van der Waals surface area contributed by atoms with Crippen molar-refractivity contribution in [2.75, 3.05) is 5.32 Å². The molecule has 0 fully saturated rings. The third-order valence-electron chi connectivity index (χ3n) is 2.12. The predicted octanol–water partition coefficient (Wildman–Crippen LogP) is 2.16. The summed E-state index contributed by atoms with van der Waals surface area (Å²) in [5, 5.41) is 11.2. The number of nitrogens with zero attached hydrogens (tertiary/aromatic N) is 2. The van der Waals surface area contributed by atoms with Crippen molar-refractivity contribution in [2.24, 2.45) is 0 Å². The Balaban J connectivity index is 2.87. The summed E-state index contributed by atoms with van der Waals surface area (Å²) >= 11 is 0. The van der Waals surface area contributed by atoms with E-state index in [-0.39, 0.29) is 12.4 Å². The number of rotatable bonds is 5. The van der Waals surface area contributed by atoms with Gasteiger partial charge in [-0.2, -0.15) is 13.2 Å². The number of carbonyl (C=O) groups is 1. The van der Waals surface area contributed by atoms with Gasteiger partial charge in [-0.15, -0.1) is 0 Å². The van der Waals surface area contributed by atoms with Crippen molar-refractivity contribution < 1.29 is 23.1 Å². The van der Waals surface area contributed by atoms with Gasteiger partial charge in [-0.3, -0.25) is 0 Å². The summed E-state index contributed by atoms with van der Waals surface area (Å²) in [5.74, 6) is -1.50. The molecule has 2 N–H and O–H groups in total. The molecule has 0 radical (unpaired) electrons. The zero-order valence-electron chi connectivity index (χ0n) is 9.53. The molecule has 1 unspecified atom stereocenters. The molecule has 0 saturated heterocycles. The van der Waals surface area contributed by atoms with E-state index < -0.39 is 23.9 Å². The van der Waals surface area contributed by atoms with Crippen LogP contribution in [0.4, 0.5) is 19.1 Å². The molecule has 0 aliphatic carbocycles. The molecule has 1 rings (SSSR count). The van der Waals surface area contributed by atoms with Crippen molar-refractivity contribution >= 4 is 11.9 Å². The van der Waals surface area contributed by atoms with Crippen LogP contribution in [-0.4, -0.2) is 27.1 Å². The van der Waals surface area contributed by atoms with E-state index in [4.69, 9.17) is 5.11 Å². The monoisotopic (exact) mass is 263 g/mol. The number of carboxylic acids is 1. The third kappa shape index (κ3) is 3.86. The number of hydrogen-bond acceptors (Lipinski definition) is 4. The van der Waals surface area contributed by atoms with Crippen LogP contribution in [-0.2, 0) is 11.0 Å². The largest absolute Gasteiger partial charge is 0.480 e. The second kappa shape index (κ2) is 5.65. The lowest BCUT2D eigenvalue weighted by atomic mass is 10.2. The number of nitrogens with one attached hydrogen (secondary N) is 1. The fourth-order valence-corrected chi connectivity index (χ4v) is 1.29. The van der Waals surface area contributed by atoms with Gasteiger partial charge in [0, 0.05) is 6.20 Å². The van der Waals surface area contributed by atoms with E-state index >= 15 is 0 Å². The average molecular weight is 263 g/mol. The third-order valence-corrected chi connectivity index (χ3v) is 2.12. The zero-order valence-corrected chi connectivity index (χ0v) is 9.53. The standard InChI is InChI=1S/C10H12F3N3O2/c1-2-3-6(8(17)18)15-9-14-5-4-7(16-9)10(11,12)13/h4-6H,2-3H2,1H3,(H,17,18)(H,14,15,16). The molecule has 8 heteroatoms. The Morgan fingerprint density at radius 2 is 2.22 bits per heavy atom. The highest BCUT2D eigenvalue weighted by Gasteiger charge is 2.33. The lowest BCUT2D eigenvalue weighted by Crippen LogP contribution is -2.30. The average Bonchev–Trinajstić information content (AvgIpc) is 2.27. The Labute approximate surface area is 101 Å². The molecule has 0 bridgehead atoms. The summed E-state index contributed by atoms with van der Waals surface area (Å²) in [5.41, 5.74) is -1.11. The van der Waals surface area contributed by atoms with E-state index in [2.05, 4.69) is 15.3 Å². The summed E-state index contributed by atoms with van der Waals surface area (Å²) in [4.78, 5) is 17.6. The highest BCUT2D eigenvalue weighted by Crippen LogP contribution is 2.27. The number of carboxylic acid groups (broad SMARTS) is 1. The Kier molecular flexibility index (Phi) is 4.46. The van der Waals surface area contributed by atoms with Crippen molar-refractivity contribution in [3.8, 4) is 0 Å². The minimum absolute atomic E-state index is 0.273. The molecule has 1 aromatic heterocycles. The van der Waals surface area contributed by atoms with Crippen LogP contribution >= 0.6 is 0 Å². The normalized spacial score (nSPS) is 13.1.